The molecule has 0 aliphatic carbocycles. The van der Waals surface area contributed by atoms with E-state index in [0.717, 1.165) is 0 Å². The molecule has 0 bridgehead atoms. The predicted octanol–water partition coefficient (Wildman–Crippen LogP) is 7.13. The molecule has 0 fully saturated rings. The quantitative estimate of drug-likeness (QED) is 0.232. The Bertz CT molecular complexity index is 1340. The van der Waals surface area contributed by atoms with Crippen LogP contribution in [0.2, 0.25) is 5.02 Å². The Morgan fingerprint density at radius 3 is 2.14 bits per heavy atom. The standard InChI is InChI=1S/C28H24ClFN4O3/c29-20-10-12-21(13-11-20)32-27(35)31-18-19-34(28(36)33-26-9-5-4-8-25(26)30)22-14-16-24(17-15-22)37-23-6-2-1-3-7-23/h1-17H,18-19H2,(H,33,36)(H2,31,32,35). The molecule has 4 aromatic carbocycles. The van der Waals surface area contributed by atoms with Crippen molar-refractivity contribution < 1.29 is 18.7 Å². The number of benzene rings is 4. The first kappa shape index (κ1) is 25.5. The topological polar surface area (TPSA) is 82.7 Å². The minimum atomic E-state index is -0.554. The highest BCUT2D eigenvalue weighted by Gasteiger charge is 2.18. The lowest BCUT2D eigenvalue weighted by molar-refractivity contribution is 0.250. The summed E-state index contributed by atoms with van der Waals surface area (Å²) in [6.07, 6.45) is 0. The van der Waals surface area contributed by atoms with Gasteiger partial charge in [-0.1, -0.05) is 41.9 Å². The van der Waals surface area contributed by atoms with Crippen LogP contribution in [-0.4, -0.2) is 25.2 Å². The Morgan fingerprint density at radius 1 is 0.784 bits per heavy atom. The number of rotatable bonds is 8. The fourth-order valence-corrected chi connectivity index (χ4v) is 3.53. The number of halogens is 2. The highest BCUT2D eigenvalue weighted by atomic mass is 35.5. The zero-order valence-electron chi connectivity index (χ0n) is 19.7. The molecule has 37 heavy (non-hydrogen) atoms. The lowest BCUT2D eigenvalue weighted by Crippen LogP contribution is -2.42. The first-order chi connectivity index (χ1) is 18.0. The zero-order chi connectivity index (χ0) is 26.0. The molecule has 4 rings (SSSR count). The van der Waals surface area contributed by atoms with Gasteiger partial charge in [0.2, 0.25) is 0 Å². The second-order valence-electron chi connectivity index (χ2n) is 7.86. The molecule has 7 nitrogen and oxygen atoms in total. The largest absolute Gasteiger partial charge is 0.457 e. The van der Waals surface area contributed by atoms with Crippen molar-refractivity contribution in [3.8, 4) is 11.5 Å². The van der Waals surface area contributed by atoms with Gasteiger partial charge in [-0.25, -0.2) is 14.0 Å². The van der Waals surface area contributed by atoms with E-state index in [2.05, 4.69) is 16.0 Å². The smallest absolute Gasteiger partial charge is 0.326 e. The van der Waals surface area contributed by atoms with E-state index >= 15 is 0 Å². The SMILES string of the molecule is O=C(NCCN(C(=O)Nc1ccccc1F)c1ccc(Oc2ccccc2)cc1)Nc1ccc(Cl)cc1. The van der Waals surface area contributed by atoms with Crippen LogP contribution in [0, 0.1) is 5.82 Å². The third-order valence-electron chi connectivity index (χ3n) is 5.21. The maximum Gasteiger partial charge on any atom is 0.326 e. The Hall–Kier alpha value is -4.56. The van der Waals surface area contributed by atoms with E-state index < -0.39 is 17.9 Å². The van der Waals surface area contributed by atoms with Crippen molar-refractivity contribution in [3.63, 3.8) is 0 Å². The van der Waals surface area contributed by atoms with Crippen molar-refractivity contribution in [1.82, 2.24) is 5.32 Å². The minimum absolute atomic E-state index is 0.0509. The highest BCUT2D eigenvalue weighted by Crippen LogP contribution is 2.25. The van der Waals surface area contributed by atoms with Crippen molar-refractivity contribution in [1.29, 1.82) is 0 Å². The average molecular weight is 519 g/mol. The Labute approximate surface area is 218 Å². The molecule has 4 aromatic rings. The van der Waals surface area contributed by atoms with Gasteiger partial charge in [0.1, 0.15) is 17.3 Å². The van der Waals surface area contributed by atoms with Gasteiger partial charge in [0.15, 0.2) is 0 Å². The number of anilines is 3. The van der Waals surface area contributed by atoms with Gasteiger partial charge in [0, 0.05) is 29.5 Å². The summed E-state index contributed by atoms with van der Waals surface area (Å²) in [5.41, 5.74) is 1.16. The van der Waals surface area contributed by atoms with Crippen LogP contribution in [-0.2, 0) is 0 Å². The van der Waals surface area contributed by atoms with Gasteiger partial charge >= 0.3 is 12.1 Å². The Morgan fingerprint density at radius 2 is 1.43 bits per heavy atom. The van der Waals surface area contributed by atoms with Crippen molar-refractivity contribution in [2.45, 2.75) is 0 Å². The zero-order valence-corrected chi connectivity index (χ0v) is 20.4. The summed E-state index contributed by atoms with van der Waals surface area (Å²) < 4.78 is 20.0. The van der Waals surface area contributed by atoms with Crippen LogP contribution in [0.3, 0.4) is 0 Å². The Kier molecular flexibility index (Phi) is 8.57. The van der Waals surface area contributed by atoms with E-state index in [1.165, 1.54) is 23.1 Å². The number of para-hydroxylation sites is 2. The molecule has 0 aliphatic heterocycles. The number of hydrogen-bond acceptors (Lipinski definition) is 3. The molecule has 0 saturated carbocycles. The van der Waals surface area contributed by atoms with Crippen LogP contribution in [0.4, 0.5) is 31.0 Å². The summed E-state index contributed by atoms with van der Waals surface area (Å²) >= 11 is 5.87. The molecule has 4 amide bonds. The molecule has 9 heteroatoms. The van der Waals surface area contributed by atoms with Crippen molar-refractivity contribution in [2.75, 3.05) is 28.6 Å². The van der Waals surface area contributed by atoms with Crippen LogP contribution < -0.4 is 25.6 Å². The second kappa shape index (κ2) is 12.4. The molecule has 0 aliphatic rings. The predicted molar refractivity (Wildman–Crippen MR) is 144 cm³/mol. The number of amides is 4. The molecule has 3 N–H and O–H groups in total. The second-order valence-corrected chi connectivity index (χ2v) is 8.29. The van der Waals surface area contributed by atoms with E-state index in [-0.39, 0.29) is 18.8 Å². The molecule has 0 saturated heterocycles. The lowest BCUT2D eigenvalue weighted by Gasteiger charge is -2.24. The Balaban J connectivity index is 1.44. The maximum atomic E-state index is 14.1. The summed E-state index contributed by atoms with van der Waals surface area (Å²) in [7, 11) is 0. The molecule has 188 valence electrons. The lowest BCUT2D eigenvalue weighted by atomic mass is 10.2. The molecule has 0 unspecified atom stereocenters. The minimum Gasteiger partial charge on any atom is -0.457 e. The van der Waals surface area contributed by atoms with Gasteiger partial charge < -0.3 is 20.7 Å². The fourth-order valence-electron chi connectivity index (χ4n) is 3.40. The van der Waals surface area contributed by atoms with E-state index in [1.807, 2.05) is 30.3 Å². The van der Waals surface area contributed by atoms with E-state index in [4.69, 9.17) is 16.3 Å². The van der Waals surface area contributed by atoms with Crippen LogP contribution in [0.1, 0.15) is 0 Å². The highest BCUT2D eigenvalue weighted by molar-refractivity contribution is 6.30. The summed E-state index contributed by atoms with van der Waals surface area (Å²) in [6, 6.07) is 27.8. The molecule has 0 spiro atoms. The summed E-state index contributed by atoms with van der Waals surface area (Å²) in [5.74, 6) is 0.716. The number of carbonyl (C=O) groups is 2. The van der Waals surface area contributed by atoms with E-state index in [1.54, 1.807) is 54.6 Å². The summed E-state index contributed by atoms with van der Waals surface area (Å²) in [6.45, 7) is 0.250. The van der Waals surface area contributed by atoms with E-state index in [0.29, 0.717) is 27.9 Å². The molecule has 0 heterocycles. The summed E-state index contributed by atoms with van der Waals surface area (Å²) in [4.78, 5) is 26.8. The average Bonchev–Trinajstić information content (AvgIpc) is 2.90. The third-order valence-corrected chi connectivity index (χ3v) is 5.46. The number of nitrogens with one attached hydrogen (secondary N) is 3. The number of urea groups is 2. The summed E-state index contributed by atoms with van der Waals surface area (Å²) in [5, 5.41) is 8.56. The van der Waals surface area contributed by atoms with Crippen LogP contribution in [0.5, 0.6) is 11.5 Å². The van der Waals surface area contributed by atoms with Crippen molar-refractivity contribution in [3.05, 3.63) is 114 Å². The maximum absolute atomic E-state index is 14.1. The first-order valence-electron chi connectivity index (χ1n) is 11.4. The van der Waals surface area contributed by atoms with Crippen molar-refractivity contribution >= 4 is 40.7 Å². The molecular weight excluding hydrogens is 495 g/mol. The number of nitrogens with zero attached hydrogens (tertiary/aromatic N) is 1. The molecule has 0 aromatic heterocycles. The van der Waals surface area contributed by atoms with Crippen LogP contribution in [0.15, 0.2) is 103 Å². The van der Waals surface area contributed by atoms with Gasteiger partial charge in [-0.2, -0.15) is 0 Å². The third kappa shape index (κ3) is 7.46. The van der Waals surface area contributed by atoms with Gasteiger partial charge in [-0.15, -0.1) is 0 Å². The molecule has 0 radical (unpaired) electrons. The van der Waals surface area contributed by atoms with Crippen LogP contribution in [0.25, 0.3) is 0 Å². The van der Waals surface area contributed by atoms with Gasteiger partial charge in [0.25, 0.3) is 0 Å². The monoisotopic (exact) mass is 518 g/mol. The van der Waals surface area contributed by atoms with Gasteiger partial charge in [-0.05, 0) is 72.8 Å². The van der Waals surface area contributed by atoms with Crippen LogP contribution >= 0.6 is 11.6 Å². The van der Waals surface area contributed by atoms with Crippen molar-refractivity contribution in [2.24, 2.45) is 0 Å². The number of ether oxygens (including phenoxy) is 1. The van der Waals surface area contributed by atoms with Gasteiger partial charge in [0.05, 0.1) is 5.69 Å². The fraction of sp³-hybridized carbons (Fsp3) is 0.0714. The first-order valence-corrected chi connectivity index (χ1v) is 11.8. The number of hydrogen-bond donors (Lipinski definition) is 3. The van der Waals surface area contributed by atoms with E-state index in [9.17, 15) is 14.0 Å². The van der Waals surface area contributed by atoms with Gasteiger partial charge in [-0.3, -0.25) is 4.90 Å². The normalized spacial score (nSPS) is 10.3. The number of carbonyl (C=O) groups excluding carboxylic acids is 2. The molecule has 0 atom stereocenters. The molecular formula is C28H24ClFN4O3.